The summed E-state index contributed by atoms with van der Waals surface area (Å²) in [5.41, 5.74) is 1.11. The summed E-state index contributed by atoms with van der Waals surface area (Å²) in [5, 5.41) is 0. The van der Waals surface area contributed by atoms with Gasteiger partial charge in [-0.05, 0) is 24.0 Å². The van der Waals surface area contributed by atoms with E-state index in [-0.39, 0.29) is 5.75 Å². The van der Waals surface area contributed by atoms with Crippen LogP contribution in [0.15, 0.2) is 24.3 Å². The zero-order valence-corrected chi connectivity index (χ0v) is 21.9. The molecule has 2 atom stereocenters. The van der Waals surface area contributed by atoms with Gasteiger partial charge in [0, 0.05) is 0 Å². The highest BCUT2D eigenvalue weighted by Gasteiger charge is 2.31. The Bertz CT molecular complexity index is 663. The molecule has 5 heteroatoms. The Hall–Kier alpha value is -1.13. The Morgan fingerprint density at radius 1 is 0.600 bits per heavy atom. The third-order valence-corrected chi connectivity index (χ3v) is 8.69. The van der Waals surface area contributed by atoms with E-state index < -0.39 is 6.36 Å². The van der Waals surface area contributed by atoms with E-state index >= 15 is 0 Å². The predicted octanol–water partition coefficient (Wildman–Crippen LogP) is 9.98. The second-order valence-corrected chi connectivity index (χ2v) is 11.4. The van der Waals surface area contributed by atoms with Crippen LogP contribution in [0.25, 0.3) is 0 Å². The summed E-state index contributed by atoms with van der Waals surface area (Å²) in [6.45, 7) is 0. The summed E-state index contributed by atoms with van der Waals surface area (Å²) < 4.78 is 41.2. The molecule has 0 N–H and O–H groups in total. The topological polar surface area (TPSA) is 9.23 Å². The van der Waals surface area contributed by atoms with E-state index in [1.807, 2.05) is 0 Å². The maximum Gasteiger partial charge on any atom is 0.573 e. The molecule has 198 valence electrons. The van der Waals surface area contributed by atoms with E-state index in [9.17, 15) is 13.2 Å². The van der Waals surface area contributed by atoms with E-state index in [2.05, 4.69) is 4.74 Å². The zero-order valence-electron chi connectivity index (χ0n) is 21.9. The molecule has 2 aliphatic rings. The minimum absolute atomic E-state index is 0.127. The van der Waals surface area contributed by atoms with Gasteiger partial charge in [0.15, 0.2) is 0 Å². The van der Waals surface area contributed by atoms with Gasteiger partial charge in [0.1, 0.15) is 13.0 Å². The van der Waals surface area contributed by atoms with Crippen molar-refractivity contribution in [3.8, 4) is 5.75 Å². The lowest BCUT2D eigenvalue weighted by molar-refractivity contribution is -0.274. The Kier molecular flexibility index (Phi) is 12.9. The first kappa shape index (κ1) is 28.4. The van der Waals surface area contributed by atoms with Crippen LogP contribution in [-0.2, 0) is 6.32 Å². The molecule has 2 fully saturated rings. The Morgan fingerprint density at radius 2 is 1.03 bits per heavy atom. The van der Waals surface area contributed by atoms with Gasteiger partial charge in [0.2, 0.25) is 0 Å². The van der Waals surface area contributed by atoms with Gasteiger partial charge in [-0.1, -0.05) is 152 Å². The molecule has 0 amide bonds. The Morgan fingerprint density at radius 3 is 1.57 bits per heavy atom. The molecule has 0 saturated heterocycles. The average Bonchev–Trinajstić information content (AvgIpc) is 2.81. The molecule has 0 bridgehead atoms. The molecule has 2 aliphatic carbocycles. The monoisotopic (exact) mass is 492 g/mol. The first-order valence-electron chi connectivity index (χ1n) is 14.8. The highest BCUT2D eigenvalue weighted by Crippen LogP contribution is 2.36. The summed E-state index contributed by atoms with van der Waals surface area (Å²) in [5.74, 6) is 2.50. The molecule has 0 radical (unpaired) electrons. The van der Waals surface area contributed by atoms with E-state index in [1.165, 1.54) is 134 Å². The number of benzene rings is 1. The second-order valence-electron chi connectivity index (χ2n) is 11.4. The zero-order chi connectivity index (χ0) is 24.8. The number of halogens is 3. The normalized spacial score (nSPS) is 25.1. The third-order valence-electron chi connectivity index (χ3n) is 8.69. The van der Waals surface area contributed by atoms with E-state index in [0.29, 0.717) is 0 Å². The van der Waals surface area contributed by atoms with Crippen LogP contribution in [0.1, 0.15) is 128 Å². The molecule has 1 nitrogen and oxygen atoms in total. The van der Waals surface area contributed by atoms with Crippen molar-refractivity contribution in [2.75, 3.05) is 0 Å². The molecular formula is C30H48BF3O. The number of hydrogen-bond acceptors (Lipinski definition) is 1. The summed E-state index contributed by atoms with van der Waals surface area (Å²) in [6.07, 6.45) is 23.2. The van der Waals surface area contributed by atoms with Gasteiger partial charge in [-0.25, -0.2) is 0 Å². The summed E-state index contributed by atoms with van der Waals surface area (Å²) in [7, 11) is 1.15. The lowest BCUT2D eigenvalue weighted by Crippen LogP contribution is -2.18. The van der Waals surface area contributed by atoms with Gasteiger partial charge < -0.3 is 4.74 Å². The molecule has 2 unspecified atom stereocenters. The van der Waals surface area contributed by atoms with Crippen LogP contribution in [0.4, 0.5) is 13.2 Å². The van der Waals surface area contributed by atoms with Crippen molar-refractivity contribution in [2.24, 2.45) is 11.8 Å². The molecule has 1 aromatic carbocycles. The van der Waals surface area contributed by atoms with Crippen molar-refractivity contribution in [3.05, 3.63) is 29.8 Å². The lowest BCUT2D eigenvalue weighted by Gasteiger charge is -2.30. The third kappa shape index (κ3) is 12.1. The van der Waals surface area contributed by atoms with Crippen molar-refractivity contribution in [3.63, 3.8) is 0 Å². The van der Waals surface area contributed by atoms with Gasteiger partial charge in [-0.15, -0.1) is 13.2 Å². The SMILES string of the molecule is FC(F)(F)Oc1ccc(CBC2CCCCCC(C3CCCCCCCCCCC3)CCC2)cc1. The highest BCUT2D eigenvalue weighted by atomic mass is 19.4. The van der Waals surface area contributed by atoms with Gasteiger partial charge in [0.05, 0.1) is 0 Å². The number of rotatable bonds is 5. The van der Waals surface area contributed by atoms with Crippen LogP contribution in [0.5, 0.6) is 5.75 Å². The lowest BCUT2D eigenvalue weighted by atomic mass is 9.57. The molecular weight excluding hydrogens is 444 g/mol. The fourth-order valence-corrected chi connectivity index (χ4v) is 6.63. The maximum absolute atomic E-state index is 12.4. The van der Waals surface area contributed by atoms with Crippen molar-refractivity contribution in [1.29, 1.82) is 0 Å². The fraction of sp³-hybridized carbons (Fsp3) is 0.800. The molecule has 2 saturated carbocycles. The van der Waals surface area contributed by atoms with Crippen molar-refractivity contribution in [1.82, 2.24) is 0 Å². The van der Waals surface area contributed by atoms with Gasteiger partial charge in [-0.2, -0.15) is 0 Å². The first-order valence-corrected chi connectivity index (χ1v) is 14.8. The minimum atomic E-state index is -4.62. The van der Waals surface area contributed by atoms with Crippen LogP contribution in [0.3, 0.4) is 0 Å². The second kappa shape index (κ2) is 15.9. The van der Waals surface area contributed by atoms with Gasteiger partial charge in [0.25, 0.3) is 0 Å². The standard InChI is InChI=1S/C30H48BF3O/c32-30(33,34)35-29-22-20-25(21-23-29)24-31-28-18-12-8-11-16-27(17-13-19-28)26-14-9-6-4-2-1-3-5-7-10-15-26/h20-23,26-28,31H,1-19,24H2. The largest absolute Gasteiger partial charge is 0.573 e. The maximum atomic E-state index is 12.4. The number of hydrogen-bond donors (Lipinski definition) is 0. The number of alkyl halides is 3. The Labute approximate surface area is 213 Å². The quantitative estimate of drug-likeness (QED) is 0.372. The van der Waals surface area contributed by atoms with Crippen LogP contribution in [0.2, 0.25) is 5.82 Å². The van der Waals surface area contributed by atoms with Crippen molar-refractivity contribution < 1.29 is 17.9 Å². The molecule has 1 aromatic rings. The van der Waals surface area contributed by atoms with Crippen LogP contribution in [0, 0.1) is 11.8 Å². The van der Waals surface area contributed by atoms with E-state index in [0.717, 1.165) is 36.8 Å². The van der Waals surface area contributed by atoms with Crippen LogP contribution < -0.4 is 4.74 Å². The summed E-state index contributed by atoms with van der Waals surface area (Å²) in [4.78, 5) is 0. The molecule has 0 aromatic heterocycles. The Balaban J connectivity index is 1.46. The summed E-state index contributed by atoms with van der Waals surface area (Å²) >= 11 is 0. The highest BCUT2D eigenvalue weighted by molar-refractivity contribution is 6.37. The summed E-state index contributed by atoms with van der Waals surface area (Å²) in [6, 6.07) is 6.48. The minimum Gasteiger partial charge on any atom is -0.406 e. The van der Waals surface area contributed by atoms with Gasteiger partial charge in [-0.3, -0.25) is 0 Å². The van der Waals surface area contributed by atoms with E-state index in [4.69, 9.17) is 0 Å². The average molecular weight is 493 g/mol. The van der Waals surface area contributed by atoms with Crippen molar-refractivity contribution in [2.45, 2.75) is 140 Å². The molecule has 0 heterocycles. The van der Waals surface area contributed by atoms with Gasteiger partial charge >= 0.3 is 6.36 Å². The predicted molar refractivity (Wildman–Crippen MR) is 142 cm³/mol. The van der Waals surface area contributed by atoms with Crippen LogP contribution >= 0.6 is 0 Å². The number of ether oxygens (including phenoxy) is 1. The molecule has 35 heavy (non-hydrogen) atoms. The fourth-order valence-electron chi connectivity index (χ4n) is 6.63. The molecule has 0 aliphatic heterocycles. The molecule has 3 rings (SSSR count). The first-order chi connectivity index (χ1) is 17.0. The van der Waals surface area contributed by atoms with Crippen molar-refractivity contribution >= 4 is 7.28 Å². The molecule has 0 spiro atoms. The van der Waals surface area contributed by atoms with Crippen LogP contribution in [-0.4, -0.2) is 13.6 Å². The smallest absolute Gasteiger partial charge is 0.406 e. The van der Waals surface area contributed by atoms with E-state index in [1.54, 1.807) is 12.1 Å².